The van der Waals surface area contributed by atoms with Crippen molar-refractivity contribution in [1.29, 1.82) is 0 Å². The highest BCUT2D eigenvalue weighted by Gasteiger charge is 2.26. The van der Waals surface area contributed by atoms with Crippen molar-refractivity contribution in [3.8, 4) is 0 Å². The lowest BCUT2D eigenvalue weighted by atomic mass is 10.0. The average Bonchev–Trinajstić information content (AvgIpc) is 2.24. The molecule has 0 aromatic rings. The van der Waals surface area contributed by atoms with E-state index in [1.807, 2.05) is 27.7 Å². The van der Waals surface area contributed by atoms with Crippen LogP contribution in [-0.4, -0.2) is 42.0 Å². The van der Waals surface area contributed by atoms with Gasteiger partial charge in [0.25, 0.3) is 0 Å². The van der Waals surface area contributed by atoms with Crippen molar-refractivity contribution in [2.75, 3.05) is 13.2 Å². The second-order valence-corrected chi connectivity index (χ2v) is 5.10. The molecule has 0 rings (SSSR count). The molecule has 18 heavy (non-hydrogen) atoms. The fraction of sp³-hybridized carbons (Fsp3) is 0.846. The largest absolute Gasteiger partial charge is 0.465 e. The molecule has 1 amide bonds. The summed E-state index contributed by atoms with van der Waals surface area (Å²) in [6.45, 7) is 9.77. The van der Waals surface area contributed by atoms with Gasteiger partial charge >= 0.3 is 5.97 Å². The van der Waals surface area contributed by atoms with Crippen LogP contribution in [0.4, 0.5) is 0 Å². The molecule has 1 atom stereocenters. The highest BCUT2D eigenvalue weighted by molar-refractivity contribution is 5.85. The monoisotopic (exact) mass is 258 g/mol. The normalized spacial score (nSPS) is 12.7. The summed E-state index contributed by atoms with van der Waals surface area (Å²) in [7, 11) is 0. The van der Waals surface area contributed by atoms with E-state index in [2.05, 4.69) is 0 Å². The number of rotatable bonds is 7. The van der Waals surface area contributed by atoms with E-state index in [-0.39, 0.29) is 18.5 Å². The van der Waals surface area contributed by atoms with Crippen LogP contribution >= 0.6 is 0 Å². The predicted octanol–water partition coefficient (Wildman–Crippen LogP) is 1.16. The molecule has 106 valence electrons. The van der Waals surface area contributed by atoms with Crippen molar-refractivity contribution in [2.24, 2.45) is 11.7 Å². The van der Waals surface area contributed by atoms with Crippen LogP contribution < -0.4 is 5.73 Å². The van der Waals surface area contributed by atoms with Gasteiger partial charge in [0.15, 0.2) is 0 Å². The standard InChI is InChI=1S/C13H26N2O3/c1-6-18-12(16)8-15(10(4)5)13(17)11(14)7-9(2)3/h9-11H,6-8,14H2,1-5H3. The Hall–Kier alpha value is -1.10. The molecular weight excluding hydrogens is 232 g/mol. The molecule has 0 bridgehead atoms. The molecule has 0 aromatic heterocycles. The van der Waals surface area contributed by atoms with Crippen LogP contribution in [0.3, 0.4) is 0 Å². The Bertz CT molecular complexity index is 277. The van der Waals surface area contributed by atoms with E-state index in [1.165, 1.54) is 4.90 Å². The summed E-state index contributed by atoms with van der Waals surface area (Å²) >= 11 is 0. The van der Waals surface area contributed by atoms with Gasteiger partial charge in [-0.3, -0.25) is 9.59 Å². The Morgan fingerprint density at radius 2 is 1.78 bits per heavy atom. The molecule has 0 spiro atoms. The van der Waals surface area contributed by atoms with Crippen molar-refractivity contribution >= 4 is 11.9 Å². The minimum atomic E-state index is -0.554. The third-order valence-corrected chi connectivity index (χ3v) is 2.55. The lowest BCUT2D eigenvalue weighted by molar-refractivity contribution is -0.150. The fourth-order valence-electron chi connectivity index (χ4n) is 1.68. The zero-order chi connectivity index (χ0) is 14.3. The number of carbonyl (C=O) groups excluding carboxylic acids is 2. The van der Waals surface area contributed by atoms with Crippen LogP contribution in [0.15, 0.2) is 0 Å². The van der Waals surface area contributed by atoms with Crippen molar-refractivity contribution in [2.45, 2.75) is 53.1 Å². The fourth-order valence-corrected chi connectivity index (χ4v) is 1.68. The van der Waals surface area contributed by atoms with Crippen LogP contribution in [0.25, 0.3) is 0 Å². The number of esters is 1. The van der Waals surface area contributed by atoms with Crippen LogP contribution in [0.5, 0.6) is 0 Å². The smallest absolute Gasteiger partial charge is 0.325 e. The van der Waals surface area contributed by atoms with Gasteiger partial charge in [0, 0.05) is 6.04 Å². The van der Waals surface area contributed by atoms with Crippen molar-refractivity contribution in [3.05, 3.63) is 0 Å². The van der Waals surface area contributed by atoms with E-state index in [0.29, 0.717) is 18.9 Å². The van der Waals surface area contributed by atoms with Gasteiger partial charge in [0.05, 0.1) is 12.6 Å². The summed E-state index contributed by atoms with van der Waals surface area (Å²) in [6, 6.07) is -0.623. The van der Waals surface area contributed by atoms with E-state index in [4.69, 9.17) is 10.5 Å². The molecule has 0 heterocycles. The third kappa shape index (κ3) is 6.00. The van der Waals surface area contributed by atoms with Gasteiger partial charge in [0.1, 0.15) is 6.54 Å². The molecule has 5 nitrogen and oxygen atoms in total. The number of amides is 1. The molecule has 0 aliphatic carbocycles. The van der Waals surface area contributed by atoms with Crippen LogP contribution in [-0.2, 0) is 14.3 Å². The minimum absolute atomic E-state index is 0.0316. The first-order valence-corrected chi connectivity index (χ1v) is 6.51. The second-order valence-electron chi connectivity index (χ2n) is 5.10. The predicted molar refractivity (Wildman–Crippen MR) is 70.9 cm³/mol. The Kier molecular flexibility index (Phi) is 7.59. The van der Waals surface area contributed by atoms with Gasteiger partial charge in [-0.2, -0.15) is 0 Å². The topological polar surface area (TPSA) is 72.6 Å². The average molecular weight is 258 g/mol. The van der Waals surface area contributed by atoms with Crippen LogP contribution in [0.2, 0.25) is 0 Å². The Balaban J connectivity index is 4.59. The molecule has 0 radical (unpaired) electrons. The van der Waals surface area contributed by atoms with Crippen molar-refractivity contribution < 1.29 is 14.3 Å². The van der Waals surface area contributed by atoms with Crippen LogP contribution in [0, 0.1) is 5.92 Å². The van der Waals surface area contributed by atoms with E-state index < -0.39 is 12.0 Å². The van der Waals surface area contributed by atoms with Gasteiger partial charge in [-0.15, -0.1) is 0 Å². The number of ether oxygens (including phenoxy) is 1. The molecule has 2 N–H and O–H groups in total. The van der Waals surface area contributed by atoms with Gasteiger partial charge in [-0.25, -0.2) is 0 Å². The van der Waals surface area contributed by atoms with E-state index >= 15 is 0 Å². The number of hydrogen-bond donors (Lipinski definition) is 1. The van der Waals surface area contributed by atoms with Crippen LogP contribution in [0.1, 0.15) is 41.0 Å². The highest BCUT2D eigenvalue weighted by atomic mass is 16.5. The first-order chi connectivity index (χ1) is 8.29. The SMILES string of the molecule is CCOC(=O)CN(C(=O)C(N)CC(C)C)C(C)C. The lowest BCUT2D eigenvalue weighted by Crippen LogP contribution is -2.49. The minimum Gasteiger partial charge on any atom is -0.465 e. The zero-order valence-corrected chi connectivity index (χ0v) is 12.1. The Labute approximate surface area is 110 Å². The number of carbonyl (C=O) groups is 2. The highest BCUT2D eigenvalue weighted by Crippen LogP contribution is 2.08. The van der Waals surface area contributed by atoms with Crippen molar-refractivity contribution in [1.82, 2.24) is 4.90 Å². The summed E-state index contributed by atoms with van der Waals surface area (Å²) in [5, 5.41) is 0. The Morgan fingerprint density at radius 1 is 1.22 bits per heavy atom. The molecule has 0 aliphatic heterocycles. The van der Waals surface area contributed by atoms with E-state index in [9.17, 15) is 9.59 Å². The maximum absolute atomic E-state index is 12.2. The second kappa shape index (κ2) is 8.08. The molecule has 0 aromatic carbocycles. The molecule has 0 saturated carbocycles. The van der Waals surface area contributed by atoms with Gasteiger partial charge in [-0.1, -0.05) is 13.8 Å². The first kappa shape index (κ1) is 16.9. The van der Waals surface area contributed by atoms with Gasteiger partial charge in [0.2, 0.25) is 5.91 Å². The third-order valence-electron chi connectivity index (χ3n) is 2.55. The molecule has 0 aliphatic rings. The maximum Gasteiger partial charge on any atom is 0.325 e. The van der Waals surface area contributed by atoms with Gasteiger partial charge in [-0.05, 0) is 33.1 Å². The zero-order valence-electron chi connectivity index (χ0n) is 12.1. The summed E-state index contributed by atoms with van der Waals surface area (Å²) < 4.78 is 4.86. The quantitative estimate of drug-likeness (QED) is 0.695. The number of nitrogens with two attached hydrogens (primary N) is 1. The maximum atomic E-state index is 12.2. The summed E-state index contributed by atoms with van der Waals surface area (Å²) in [6.07, 6.45) is 0.616. The summed E-state index contributed by atoms with van der Waals surface area (Å²) in [5.74, 6) is -0.233. The number of nitrogens with zero attached hydrogens (tertiary/aromatic N) is 1. The molecule has 1 unspecified atom stereocenters. The van der Waals surface area contributed by atoms with Gasteiger partial charge < -0.3 is 15.4 Å². The Morgan fingerprint density at radius 3 is 2.17 bits per heavy atom. The molecular formula is C13H26N2O3. The van der Waals surface area contributed by atoms with E-state index in [0.717, 1.165) is 0 Å². The molecule has 5 heteroatoms. The van der Waals surface area contributed by atoms with Crippen molar-refractivity contribution in [3.63, 3.8) is 0 Å². The van der Waals surface area contributed by atoms with E-state index in [1.54, 1.807) is 6.92 Å². The molecule has 0 saturated heterocycles. The molecule has 0 fully saturated rings. The lowest BCUT2D eigenvalue weighted by Gasteiger charge is -2.28. The summed E-state index contributed by atoms with van der Waals surface area (Å²) in [4.78, 5) is 25.1. The first-order valence-electron chi connectivity index (χ1n) is 6.51. The summed E-state index contributed by atoms with van der Waals surface area (Å²) in [5.41, 5.74) is 5.86. The number of hydrogen-bond acceptors (Lipinski definition) is 4.